The number of hydrogen-bond donors (Lipinski definition) is 1. The van der Waals surface area contributed by atoms with Gasteiger partial charge in [-0.1, -0.05) is 0 Å². The number of hydrogen-bond acceptors (Lipinski definition) is 6. The van der Waals surface area contributed by atoms with Crippen molar-refractivity contribution in [3.05, 3.63) is 27.8 Å². The molecule has 112 valence electrons. The van der Waals surface area contributed by atoms with Crippen LogP contribution in [0, 0.1) is 10.1 Å². The van der Waals surface area contributed by atoms with Crippen molar-refractivity contribution in [1.82, 2.24) is 9.88 Å². The van der Waals surface area contributed by atoms with Crippen molar-refractivity contribution in [2.45, 2.75) is 19.9 Å². The molecule has 1 aromatic carbocycles. The first-order valence-electron chi connectivity index (χ1n) is 6.47. The quantitative estimate of drug-likeness (QED) is 0.677. The number of likely N-dealkylation sites (N-methyl/N-ethyl adjacent to an activating group) is 1. The van der Waals surface area contributed by atoms with E-state index in [0.29, 0.717) is 17.7 Å². The minimum atomic E-state index is -0.551. The standard InChI is InChI=1S/C13H16N4O3S/c1-4-16(3)13(18)8(2)15-9-5-6-10-11(14-7-21-10)12(9)17(19)20/h5-8,15H,4H2,1-3H3. The summed E-state index contributed by atoms with van der Waals surface area (Å²) in [6.07, 6.45) is 0. The molecule has 0 bridgehead atoms. The van der Waals surface area contributed by atoms with Gasteiger partial charge in [0.05, 0.1) is 15.1 Å². The number of carbonyl (C=O) groups excluding carboxylic acids is 1. The molecule has 2 rings (SSSR count). The Labute approximate surface area is 125 Å². The van der Waals surface area contributed by atoms with Crippen LogP contribution in [0.4, 0.5) is 11.4 Å². The van der Waals surface area contributed by atoms with Gasteiger partial charge in [-0.3, -0.25) is 14.9 Å². The van der Waals surface area contributed by atoms with Gasteiger partial charge in [0.25, 0.3) is 0 Å². The lowest BCUT2D eigenvalue weighted by molar-refractivity contribution is -0.382. The summed E-state index contributed by atoms with van der Waals surface area (Å²) < 4.78 is 0.747. The van der Waals surface area contributed by atoms with Gasteiger partial charge in [0.15, 0.2) is 5.52 Å². The Bertz CT molecular complexity index is 685. The molecule has 0 fully saturated rings. The number of fused-ring (bicyclic) bond motifs is 1. The molecule has 1 N–H and O–H groups in total. The molecule has 0 aliphatic heterocycles. The zero-order valence-corrected chi connectivity index (χ0v) is 12.8. The molecule has 1 atom stereocenters. The third kappa shape index (κ3) is 2.94. The Morgan fingerprint density at radius 1 is 1.57 bits per heavy atom. The molecule has 0 saturated carbocycles. The molecule has 0 aliphatic carbocycles. The van der Waals surface area contributed by atoms with Crippen LogP contribution in [0.15, 0.2) is 17.6 Å². The molecule has 0 saturated heterocycles. The van der Waals surface area contributed by atoms with Crippen molar-refractivity contribution < 1.29 is 9.72 Å². The lowest BCUT2D eigenvalue weighted by Gasteiger charge is -2.21. The molecule has 0 spiro atoms. The number of amides is 1. The average molecular weight is 308 g/mol. The highest BCUT2D eigenvalue weighted by Gasteiger charge is 2.24. The summed E-state index contributed by atoms with van der Waals surface area (Å²) in [7, 11) is 1.69. The van der Waals surface area contributed by atoms with Crippen LogP contribution < -0.4 is 5.32 Å². The van der Waals surface area contributed by atoms with E-state index in [0.717, 1.165) is 4.70 Å². The fourth-order valence-electron chi connectivity index (χ4n) is 2.00. The van der Waals surface area contributed by atoms with Gasteiger partial charge in [-0.2, -0.15) is 0 Å². The van der Waals surface area contributed by atoms with Gasteiger partial charge in [0.2, 0.25) is 5.91 Å². The Balaban J connectivity index is 2.36. The molecule has 0 radical (unpaired) electrons. The molecule has 7 nitrogen and oxygen atoms in total. The number of aromatic nitrogens is 1. The van der Waals surface area contributed by atoms with Crippen LogP contribution in [0.3, 0.4) is 0 Å². The van der Waals surface area contributed by atoms with Gasteiger partial charge in [0.1, 0.15) is 11.7 Å². The number of rotatable bonds is 5. The van der Waals surface area contributed by atoms with E-state index in [2.05, 4.69) is 10.3 Å². The van der Waals surface area contributed by atoms with Crippen LogP contribution in [0.5, 0.6) is 0 Å². The summed E-state index contributed by atoms with van der Waals surface area (Å²) in [4.78, 5) is 28.5. The van der Waals surface area contributed by atoms with E-state index in [1.54, 1.807) is 36.5 Å². The number of thiazole rings is 1. The van der Waals surface area contributed by atoms with Crippen LogP contribution in [0.25, 0.3) is 10.2 Å². The maximum Gasteiger partial charge on any atom is 0.319 e. The van der Waals surface area contributed by atoms with Gasteiger partial charge in [-0.15, -0.1) is 11.3 Å². The number of anilines is 1. The Morgan fingerprint density at radius 3 is 2.90 bits per heavy atom. The predicted molar refractivity (Wildman–Crippen MR) is 82.7 cm³/mol. The maximum absolute atomic E-state index is 12.1. The summed E-state index contributed by atoms with van der Waals surface area (Å²) >= 11 is 1.34. The fraction of sp³-hybridized carbons (Fsp3) is 0.385. The summed E-state index contributed by atoms with van der Waals surface area (Å²) in [6.45, 7) is 4.13. The van der Waals surface area contributed by atoms with Gasteiger partial charge in [0, 0.05) is 13.6 Å². The summed E-state index contributed by atoms with van der Waals surface area (Å²) in [6, 6.07) is 2.84. The van der Waals surface area contributed by atoms with Crippen molar-refractivity contribution in [2.24, 2.45) is 0 Å². The highest BCUT2D eigenvalue weighted by molar-refractivity contribution is 7.16. The second-order valence-corrected chi connectivity index (χ2v) is 5.52. The van der Waals surface area contributed by atoms with Gasteiger partial charge < -0.3 is 10.2 Å². The minimum Gasteiger partial charge on any atom is -0.368 e. The van der Waals surface area contributed by atoms with E-state index in [1.807, 2.05) is 6.92 Å². The van der Waals surface area contributed by atoms with Crippen LogP contribution in [0.1, 0.15) is 13.8 Å². The predicted octanol–water partition coefficient (Wildman–Crippen LogP) is 2.48. The fourth-order valence-corrected chi connectivity index (χ4v) is 2.68. The van der Waals surface area contributed by atoms with E-state index < -0.39 is 11.0 Å². The number of nitrogens with zero attached hydrogens (tertiary/aromatic N) is 3. The molecular weight excluding hydrogens is 292 g/mol. The van der Waals surface area contributed by atoms with Crippen molar-refractivity contribution in [3.63, 3.8) is 0 Å². The zero-order valence-electron chi connectivity index (χ0n) is 12.0. The Kier molecular flexibility index (Phi) is 4.37. The largest absolute Gasteiger partial charge is 0.368 e. The molecule has 0 aliphatic rings. The third-order valence-corrected chi connectivity index (χ3v) is 4.05. The third-order valence-electron chi connectivity index (χ3n) is 3.25. The van der Waals surface area contributed by atoms with Crippen LogP contribution >= 0.6 is 11.3 Å². The first-order chi connectivity index (χ1) is 9.95. The SMILES string of the molecule is CCN(C)C(=O)C(C)Nc1ccc2scnc2c1[N+](=O)[O-]. The van der Waals surface area contributed by atoms with Crippen molar-refractivity contribution in [3.8, 4) is 0 Å². The molecule has 1 aromatic heterocycles. The minimum absolute atomic E-state index is 0.0902. The molecule has 1 heterocycles. The first kappa shape index (κ1) is 15.2. The smallest absolute Gasteiger partial charge is 0.319 e. The van der Waals surface area contributed by atoms with Gasteiger partial charge in [-0.05, 0) is 26.0 Å². The number of nitro benzene ring substituents is 1. The Hall–Kier alpha value is -2.22. The van der Waals surface area contributed by atoms with Gasteiger partial charge in [-0.25, -0.2) is 4.98 Å². The monoisotopic (exact) mass is 308 g/mol. The zero-order chi connectivity index (χ0) is 15.6. The second kappa shape index (κ2) is 6.04. The highest BCUT2D eigenvalue weighted by atomic mass is 32.1. The molecule has 1 unspecified atom stereocenters. The summed E-state index contributed by atoms with van der Waals surface area (Å²) in [5.74, 6) is -0.120. The number of nitrogens with one attached hydrogen (secondary N) is 1. The lowest BCUT2D eigenvalue weighted by atomic mass is 10.2. The molecule has 21 heavy (non-hydrogen) atoms. The van der Waals surface area contributed by atoms with Gasteiger partial charge >= 0.3 is 5.69 Å². The Morgan fingerprint density at radius 2 is 2.29 bits per heavy atom. The van der Waals surface area contributed by atoms with Crippen LogP contribution in [0.2, 0.25) is 0 Å². The summed E-state index contributed by atoms with van der Waals surface area (Å²) in [5.41, 5.74) is 2.13. The maximum atomic E-state index is 12.1. The molecule has 8 heteroatoms. The van der Waals surface area contributed by atoms with E-state index in [4.69, 9.17) is 0 Å². The second-order valence-electron chi connectivity index (χ2n) is 4.64. The van der Waals surface area contributed by atoms with E-state index in [9.17, 15) is 14.9 Å². The van der Waals surface area contributed by atoms with Crippen molar-refractivity contribution in [1.29, 1.82) is 0 Å². The van der Waals surface area contributed by atoms with E-state index in [1.165, 1.54) is 11.3 Å². The molecule has 1 amide bonds. The average Bonchev–Trinajstić information content (AvgIpc) is 2.92. The topological polar surface area (TPSA) is 88.4 Å². The van der Waals surface area contributed by atoms with Crippen molar-refractivity contribution in [2.75, 3.05) is 18.9 Å². The lowest BCUT2D eigenvalue weighted by Crippen LogP contribution is -2.38. The molecule has 2 aromatic rings. The normalized spacial score (nSPS) is 12.1. The summed E-state index contributed by atoms with van der Waals surface area (Å²) in [5, 5.41) is 14.2. The number of nitro groups is 1. The first-order valence-corrected chi connectivity index (χ1v) is 7.35. The van der Waals surface area contributed by atoms with E-state index >= 15 is 0 Å². The van der Waals surface area contributed by atoms with Crippen LogP contribution in [-0.2, 0) is 4.79 Å². The highest BCUT2D eigenvalue weighted by Crippen LogP contribution is 2.34. The number of benzene rings is 1. The van der Waals surface area contributed by atoms with Crippen molar-refractivity contribution >= 4 is 38.8 Å². The number of carbonyl (C=O) groups is 1. The molecular formula is C13H16N4O3S. The van der Waals surface area contributed by atoms with E-state index in [-0.39, 0.29) is 11.6 Å². The van der Waals surface area contributed by atoms with Crippen LogP contribution in [-0.4, -0.2) is 40.3 Å².